The molecule has 1 aromatic heterocycles. The number of non-ortho nitro benzene ring substituents is 1. The van der Waals surface area contributed by atoms with Gasteiger partial charge in [-0.25, -0.2) is 4.39 Å². The number of nitrogens with zero attached hydrogens (tertiary/aromatic N) is 3. The lowest BCUT2D eigenvalue weighted by molar-refractivity contribution is -0.384. The molecule has 1 N–H and O–H groups in total. The molecule has 4 aromatic rings. The van der Waals surface area contributed by atoms with Gasteiger partial charge in [0.1, 0.15) is 11.6 Å². The molecule has 2 amide bonds. The molecule has 1 fully saturated rings. The predicted octanol–water partition coefficient (Wildman–Crippen LogP) is 5.21. The fourth-order valence-electron chi connectivity index (χ4n) is 4.31. The summed E-state index contributed by atoms with van der Waals surface area (Å²) >= 11 is 0. The van der Waals surface area contributed by atoms with Crippen LogP contribution in [-0.2, 0) is 0 Å². The van der Waals surface area contributed by atoms with Crippen LogP contribution in [0.15, 0.2) is 89.3 Å². The summed E-state index contributed by atoms with van der Waals surface area (Å²) < 4.78 is 19.6. The van der Waals surface area contributed by atoms with E-state index in [1.165, 1.54) is 30.3 Å². The van der Waals surface area contributed by atoms with Crippen molar-refractivity contribution in [3.63, 3.8) is 0 Å². The van der Waals surface area contributed by atoms with Crippen LogP contribution in [0.25, 0.3) is 11.3 Å². The average molecular weight is 515 g/mol. The van der Waals surface area contributed by atoms with Crippen LogP contribution >= 0.6 is 0 Å². The van der Waals surface area contributed by atoms with Crippen molar-refractivity contribution >= 4 is 28.9 Å². The second-order valence-electron chi connectivity index (χ2n) is 8.73. The monoisotopic (exact) mass is 514 g/mol. The van der Waals surface area contributed by atoms with Crippen molar-refractivity contribution < 1.29 is 23.3 Å². The molecule has 0 spiro atoms. The third-order valence-electron chi connectivity index (χ3n) is 6.33. The van der Waals surface area contributed by atoms with Crippen molar-refractivity contribution in [2.45, 2.75) is 0 Å². The van der Waals surface area contributed by atoms with Gasteiger partial charge in [-0.3, -0.25) is 19.7 Å². The fourth-order valence-corrected chi connectivity index (χ4v) is 4.31. The number of carbonyl (C=O) groups is 2. The Kier molecular flexibility index (Phi) is 6.86. The van der Waals surface area contributed by atoms with Crippen molar-refractivity contribution in [3.8, 4) is 11.3 Å². The SMILES string of the molecule is O=C(Nc1ccc(N2CCN(C(=O)c3ccccc3F)CC2)cc1)c1ccc(-c2cccc([N+](=O)[O-])c2)o1. The highest BCUT2D eigenvalue weighted by Gasteiger charge is 2.24. The largest absolute Gasteiger partial charge is 0.451 e. The molecule has 3 aromatic carbocycles. The van der Waals surface area contributed by atoms with Gasteiger partial charge in [-0.15, -0.1) is 0 Å². The molecule has 5 rings (SSSR count). The molecule has 0 radical (unpaired) electrons. The summed E-state index contributed by atoms with van der Waals surface area (Å²) in [5.74, 6) is -0.859. The number of nitro benzene ring substituents is 1. The minimum atomic E-state index is -0.521. The first-order valence-electron chi connectivity index (χ1n) is 11.9. The van der Waals surface area contributed by atoms with Crippen LogP contribution in [0, 0.1) is 15.9 Å². The van der Waals surface area contributed by atoms with Crippen LogP contribution in [-0.4, -0.2) is 47.8 Å². The van der Waals surface area contributed by atoms with E-state index < -0.39 is 16.6 Å². The molecule has 1 aliphatic heterocycles. The van der Waals surface area contributed by atoms with E-state index in [1.54, 1.807) is 47.4 Å². The molecule has 192 valence electrons. The van der Waals surface area contributed by atoms with E-state index in [2.05, 4.69) is 10.2 Å². The van der Waals surface area contributed by atoms with Gasteiger partial charge in [-0.05, 0) is 48.5 Å². The number of hydrogen-bond donors (Lipinski definition) is 1. The van der Waals surface area contributed by atoms with E-state index >= 15 is 0 Å². The van der Waals surface area contributed by atoms with Gasteiger partial charge in [0.25, 0.3) is 17.5 Å². The smallest absolute Gasteiger partial charge is 0.291 e. The van der Waals surface area contributed by atoms with E-state index in [1.807, 2.05) is 12.1 Å². The zero-order valence-electron chi connectivity index (χ0n) is 20.2. The predicted molar refractivity (Wildman–Crippen MR) is 140 cm³/mol. The molecule has 0 aliphatic carbocycles. The molecule has 2 heterocycles. The molecular formula is C28H23FN4O5. The lowest BCUT2D eigenvalue weighted by Gasteiger charge is -2.36. The third kappa shape index (κ3) is 5.24. The van der Waals surface area contributed by atoms with E-state index in [4.69, 9.17) is 4.42 Å². The van der Waals surface area contributed by atoms with Crippen molar-refractivity contribution in [1.29, 1.82) is 0 Å². The normalized spacial score (nSPS) is 13.3. The first kappa shape index (κ1) is 24.7. The Morgan fingerprint density at radius 1 is 0.895 bits per heavy atom. The standard InChI is InChI=1S/C28H23FN4O5/c29-24-7-2-1-6-23(24)28(35)32-16-14-31(15-17-32)21-10-8-20(9-11-21)30-27(34)26-13-12-25(38-26)19-4-3-5-22(18-19)33(36)37/h1-13,18H,14-17H2,(H,30,34). The first-order chi connectivity index (χ1) is 18.4. The molecule has 0 bridgehead atoms. The van der Waals surface area contributed by atoms with Gasteiger partial charge in [0.15, 0.2) is 5.76 Å². The van der Waals surface area contributed by atoms with Crippen LogP contribution in [0.1, 0.15) is 20.9 Å². The first-order valence-corrected chi connectivity index (χ1v) is 11.9. The van der Waals surface area contributed by atoms with Crippen LogP contribution in [0.4, 0.5) is 21.5 Å². The fraction of sp³-hybridized carbons (Fsp3) is 0.143. The second kappa shape index (κ2) is 10.6. The number of amides is 2. The Morgan fingerprint density at radius 2 is 1.63 bits per heavy atom. The van der Waals surface area contributed by atoms with Crippen LogP contribution < -0.4 is 10.2 Å². The number of hydrogen-bond acceptors (Lipinski definition) is 6. The molecule has 1 aliphatic rings. The Labute approximate surface area is 217 Å². The highest BCUT2D eigenvalue weighted by atomic mass is 19.1. The topological polar surface area (TPSA) is 109 Å². The molecular weight excluding hydrogens is 491 g/mol. The Balaban J connectivity index is 1.18. The zero-order valence-corrected chi connectivity index (χ0v) is 20.2. The summed E-state index contributed by atoms with van der Waals surface area (Å²) in [6, 6.07) is 22.4. The molecule has 0 saturated carbocycles. The lowest BCUT2D eigenvalue weighted by Crippen LogP contribution is -2.49. The maximum Gasteiger partial charge on any atom is 0.291 e. The summed E-state index contributed by atoms with van der Waals surface area (Å²) in [5.41, 5.74) is 2.02. The molecule has 0 atom stereocenters. The van der Waals surface area contributed by atoms with Crippen molar-refractivity contribution in [2.75, 3.05) is 36.4 Å². The number of furan rings is 1. The van der Waals surface area contributed by atoms with Crippen LogP contribution in [0.3, 0.4) is 0 Å². The van der Waals surface area contributed by atoms with Gasteiger partial charge in [0.05, 0.1) is 10.5 Å². The number of rotatable bonds is 6. The zero-order chi connectivity index (χ0) is 26.6. The minimum Gasteiger partial charge on any atom is -0.451 e. The van der Waals surface area contributed by atoms with Gasteiger partial charge in [0, 0.05) is 55.2 Å². The summed E-state index contributed by atoms with van der Waals surface area (Å²) in [5, 5.41) is 13.8. The van der Waals surface area contributed by atoms with Crippen LogP contribution in [0.2, 0.25) is 0 Å². The second-order valence-corrected chi connectivity index (χ2v) is 8.73. The van der Waals surface area contributed by atoms with Gasteiger partial charge in [-0.1, -0.05) is 24.3 Å². The molecule has 1 saturated heterocycles. The minimum absolute atomic E-state index is 0.0666. The maximum atomic E-state index is 14.0. The number of carbonyl (C=O) groups excluding carboxylic acids is 2. The van der Waals surface area contributed by atoms with Gasteiger partial charge in [-0.2, -0.15) is 0 Å². The number of nitro groups is 1. The summed E-state index contributed by atoms with van der Waals surface area (Å²) in [6.07, 6.45) is 0. The van der Waals surface area contributed by atoms with Gasteiger partial charge < -0.3 is 19.5 Å². The molecule has 0 unspecified atom stereocenters. The summed E-state index contributed by atoms with van der Waals surface area (Å²) in [6.45, 7) is 2.13. The summed E-state index contributed by atoms with van der Waals surface area (Å²) in [7, 11) is 0. The van der Waals surface area contributed by atoms with E-state index in [9.17, 15) is 24.1 Å². The van der Waals surface area contributed by atoms with Gasteiger partial charge in [0.2, 0.25) is 0 Å². The number of anilines is 2. The Bertz CT molecular complexity index is 1490. The van der Waals surface area contributed by atoms with Crippen molar-refractivity contribution in [2.24, 2.45) is 0 Å². The maximum absolute atomic E-state index is 14.0. The molecule has 9 nitrogen and oxygen atoms in total. The van der Waals surface area contributed by atoms with Crippen molar-refractivity contribution in [1.82, 2.24) is 4.90 Å². The lowest BCUT2D eigenvalue weighted by atomic mass is 10.1. The molecule has 10 heteroatoms. The average Bonchev–Trinajstić information content (AvgIpc) is 3.44. The van der Waals surface area contributed by atoms with Gasteiger partial charge >= 0.3 is 0 Å². The van der Waals surface area contributed by atoms with E-state index in [0.29, 0.717) is 43.2 Å². The number of halogens is 1. The quantitative estimate of drug-likeness (QED) is 0.280. The Morgan fingerprint density at radius 3 is 2.34 bits per heavy atom. The highest BCUT2D eigenvalue weighted by Crippen LogP contribution is 2.27. The Hall–Kier alpha value is -4.99. The van der Waals surface area contributed by atoms with E-state index in [-0.39, 0.29) is 22.9 Å². The number of nitrogens with one attached hydrogen (secondary N) is 1. The molecule has 38 heavy (non-hydrogen) atoms. The number of piperazine rings is 1. The highest BCUT2D eigenvalue weighted by molar-refractivity contribution is 6.02. The number of benzene rings is 3. The third-order valence-corrected chi connectivity index (χ3v) is 6.33. The van der Waals surface area contributed by atoms with Crippen molar-refractivity contribution in [3.05, 3.63) is 112 Å². The summed E-state index contributed by atoms with van der Waals surface area (Å²) in [4.78, 5) is 39.6. The van der Waals surface area contributed by atoms with Crippen LogP contribution in [0.5, 0.6) is 0 Å². The van der Waals surface area contributed by atoms with E-state index in [0.717, 1.165) is 5.69 Å².